The molecule has 0 aromatic heterocycles. The molecule has 1 aliphatic carbocycles. The molecule has 20 heavy (non-hydrogen) atoms. The van der Waals surface area contributed by atoms with E-state index in [1.54, 1.807) is 0 Å². The van der Waals surface area contributed by atoms with E-state index >= 15 is 0 Å². The fraction of sp³-hybridized carbons (Fsp3) is 0.462. The van der Waals surface area contributed by atoms with E-state index in [4.69, 9.17) is 9.84 Å². The summed E-state index contributed by atoms with van der Waals surface area (Å²) in [6, 6.07) is 5.03. The lowest BCUT2D eigenvalue weighted by molar-refractivity contribution is -0.00476. The summed E-state index contributed by atoms with van der Waals surface area (Å²) >= 11 is 0. The molecule has 7 heteroatoms. The van der Waals surface area contributed by atoms with E-state index in [1.807, 2.05) is 6.92 Å². The van der Waals surface area contributed by atoms with Crippen LogP contribution in [0.5, 0.6) is 0 Å². The van der Waals surface area contributed by atoms with E-state index < -0.39 is 16.0 Å². The van der Waals surface area contributed by atoms with Gasteiger partial charge < -0.3 is 9.84 Å². The predicted octanol–water partition coefficient (Wildman–Crippen LogP) is 1.23. The Bertz CT molecular complexity index is 575. The van der Waals surface area contributed by atoms with Gasteiger partial charge in [-0.1, -0.05) is 0 Å². The molecule has 0 amide bonds. The van der Waals surface area contributed by atoms with E-state index in [0.717, 1.165) is 0 Å². The summed E-state index contributed by atoms with van der Waals surface area (Å²) in [6.45, 7) is 2.53. The van der Waals surface area contributed by atoms with Crippen molar-refractivity contribution in [2.24, 2.45) is 0 Å². The SMILES string of the molecule is CCOC1CC(NS(=O)(=O)c2ccc(C(=O)O)cc2)C1. The molecule has 0 saturated heterocycles. The number of nitrogens with one attached hydrogen (secondary N) is 1. The lowest BCUT2D eigenvalue weighted by Crippen LogP contribution is -2.47. The first-order valence-electron chi connectivity index (χ1n) is 6.39. The molecule has 2 rings (SSSR count). The van der Waals surface area contributed by atoms with Crippen molar-refractivity contribution in [3.05, 3.63) is 29.8 Å². The Labute approximate surface area is 117 Å². The van der Waals surface area contributed by atoms with Crippen LogP contribution in [0.15, 0.2) is 29.2 Å². The van der Waals surface area contributed by atoms with Crippen LogP contribution in [-0.4, -0.2) is 38.2 Å². The number of hydrogen-bond donors (Lipinski definition) is 2. The summed E-state index contributed by atoms with van der Waals surface area (Å²) in [5.41, 5.74) is 0.0593. The molecule has 1 aliphatic rings. The van der Waals surface area contributed by atoms with Gasteiger partial charge in [0.1, 0.15) is 0 Å². The first-order chi connectivity index (χ1) is 9.42. The zero-order chi connectivity index (χ0) is 14.8. The molecule has 0 bridgehead atoms. The third-order valence-corrected chi connectivity index (χ3v) is 4.77. The molecule has 0 radical (unpaired) electrons. The van der Waals surface area contributed by atoms with Crippen molar-refractivity contribution in [3.63, 3.8) is 0 Å². The number of benzene rings is 1. The van der Waals surface area contributed by atoms with E-state index in [-0.39, 0.29) is 22.6 Å². The van der Waals surface area contributed by atoms with Gasteiger partial charge in [-0.2, -0.15) is 0 Å². The Morgan fingerprint density at radius 3 is 2.45 bits per heavy atom. The lowest BCUT2D eigenvalue weighted by Gasteiger charge is -2.35. The number of ether oxygens (including phenoxy) is 1. The summed E-state index contributed by atoms with van der Waals surface area (Å²) < 4.78 is 32.1. The molecule has 2 N–H and O–H groups in total. The highest BCUT2D eigenvalue weighted by atomic mass is 32.2. The molecule has 0 spiro atoms. The van der Waals surface area contributed by atoms with Crippen LogP contribution in [0.2, 0.25) is 0 Å². The number of carbonyl (C=O) groups is 1. The van der Waals surface area contributed by atoms with Crippen LogP contribution >= 0.6 is 0 Å². The summed E-state index contributed by atoms with van der Waals surface area (Å²) in [7, 11) is -3.60. The van der Waals surface area contributed by atoms with Crippen LogP contribution in [0, 0.1) is 0 Å². The van der Waals surface area contributed by atoms with Gasteiger partial charge >= 0.3 is 5.97 Å². The third kappa shape index (κ3) is 3.36. The molecule has 1 saturated carbocycles. The van der Waals surface area contributed by atoms with Crippen molar-refractivity contribution in [1.82, 2.24) is 4.72 Å². The minimum Gasteiger partial charge on any atom is -0.478 e. The van der Waals surface area contributed by atoms with Crippen LogP contribution in [-0.2, 0) is 14.8 Å². The second-order valence-electron chi connectivity index (χ2n) is 4.70. The first-order valence-corrected chi connectivity index (χ1v) is 7.88. The fourth-order valence-electron chi connectivity index (χ4n) is 2.10. The average Bonchev–Trinajstić information content (AvgIpc) is 2.36. The molecular weight excluding hydrogens is 282 g/mol. The minimum absolute atomic E-state index is 0.0593. The van der Waals surface area contributed by atoms with Crippen LogP contribution in [0.25, 0.3) is 0 Å². The summed E-state index contributed by atoms with van der Waals surface area (Å²) in [4.78, 5) is 10.8. The van der Waals surface area contributed by atoms with Crippen molar-refractivity contribution < 1.29 is 23.1 Å². The van der Waals surface area contributed by atoms with Gasteiger partial charge in [-0.3, -0.25) is 0 Å². The number of carboxylic acids is 1. The van der Waals surface area contributed by atoms with Crippen molar-refractivity contribution in [1.29, 1.82) is 0 Å². The largest absolute Gasteiger partial charge is 0.478 e. The minimum atomic E-state index is -3.60. The van der Waals surface area contributed by atoms with Gasteiger partial charge in [-0.15, -0.1) is 0 Å². The van der Waals surface area contributed by atoms with Gasteiger partial charge in [0.2, 0.25) is 10.0 Å². The summed E-state index contributed by atoms with van der Waals surface area (Å²) in [5, 5.41) is 8.77. The van der Waals surface area contributed by atoms with Crippen LogP contribution in [0.1, 0.15) is 30.1 Å². The lowest BCUT2D eigenvalue weighted by atomic mass is 9.90. The van der Waals surface area contributed by atoms with Gasteiger partial charge in [-0.05, 0) is 44.0 Å². The Morgan fingerprint density at radius 2 is 1.95 bits per heavy atom. The van der Waals surface area contributed by atoms with Gasteiger partial charge in [-0.25, -0.2) is 17.9 Å². The van der Waals surface area contributed by atoms with Gasteiger partial charge in [0.25, 0.3) is 0 Å². The second-order valence-corrected chi connectivity index (χ2v) is 6.41. The Balaban J connectivity index is 1.99. The van der Waals surface area contributed by atoms with Crippen molar-refractivity contribution >= 4 is 16.0 Å². The quantitative estimate of drug-likeness (QED) is 0.824. The van der Waals surface area contributed by atoms with Crippen LogP contribution in [0.4, 0.5) is 0 Å². The molecule has 0 aliphatic heterocycles. The van der Waals surface area contributed by atoms with Crippen LogP contribution < -0.4 is 4.72 Å². The Morgan fingerprint density at radius 1 is 1.35 bits per heavy atom. The van der Waals surface area contributed by atoms with Crippen LogP contribution in [0.3, 0.4) is 0 Å². The zero-order valence-electron chi connectivity index (χ0n) is 11.1. The monoisotopic (exact) mass is 299 g/mol. The number of rotatable bonds is 6. The zero-order valence-corrected chi connectivity index (χ0v) is 11.9. The van der Waals surface area contributed by atoms with Gasteiger partial charge in [0.15, 0.2) is 0 Å². The maximum absolute atomic E-state index is 12.1. The summed E-state index contributed by atoms with van der Waals surface area (Å²) in [6.07, 6.45) is 1.46. The number of carboxylic acid groups (broad SMARTS) is 1. The molecule has 1 aromatic carbocycles. The smallest absolute Gasteiger partial charge is 0.335 e. The highest BCUT2D eigenvalue weighted by Crippen LogP contribution is 2.25. The molecule has 1 fully saturated rings. The highest BCUT2D eigenvalue weighted by molar-refractivity contribution is 7.89. The topological polar surface area (TPSA) is 92.7 Å². The number of aromatic carboxylic acids is 1. The molecule has 110 valence electrons. The molecule has 0 heterocycles. The Hall–Kier alpha value is -1.44. The van der Waals surface area contributed by atoms with Gasteiger partial charge in [0.05, 0.1) is 16.6 Å². The first kappa shape index (κ1) is 15.0. The van der Waals surface area contributed by atoms with Gasteiger partial charge in [0, 0.05) is 12.6 Å². The van der Waals surface area contributed by atoms with E-state index in [0.29, 0.717) is 19.4 Å². The maximum atomic E-state index is 12.1. The Kier molecular flexibility index (Phi) is 4.42. The van der Waals surface area contributed by atoms with Crippen molar-refractivity contribution in [2.45, 2.75) is 36.8 Å². The predicted molar refractivity (Wildman–Crippen MR) is 72.2 cm³/mol. The fourth-order valence-corrected chi connectivity index (χ4v) is 3.36. The molecule has 0 unspecified atom stereocenters. The summed E-state index contributed by atoms with van der Waals surface area (Å²) in [5.74, 6) is -1.08. The van der Waals surface area contributed by atoms with E-state index in [9.17, 15) is 13.2 Å². The maximum Gasteiger partial charge on any atom is 0.335 e. The number of hydrogen-bond acceptors (Lipinski definition) is 4. The normalized spacial score (nSPS) is 22.2. The average molecular weight is 299 g/mol. The van der Waals surface area contributed by atoms with Crippen molar-refractivity contribution in [2.75, 3.05) is 6.61 Å². The standard InChI is InChI=1S/C13H17NO5S/c1-2-19-11-7-10(8-11)14-20(17,18)12-5-3-9(4-6-12)13(15)16/h3-6,10-11,14H,2,7-8H2,1H3,(H,15,16). The third-order valence-electron chi connectivity index (χ3n) is 3.23. The van der Waals surface area contributed by atoms with E-state index in [2.05, 4.69) is 4.72 Å². The molecular formula is C13H17NO5S. The molecule has 1 aromatic rings. The molecule has 0 atom stereocenters. The second kappa shape index (κ2) is 5.90. The number of sulfonamides is 1. The van der Waals surface area contributed by atoms with Crippen molar-refractivity contribution in [3.8, 4) is 0 Å². The highest BCUT2D eigenvalue weighted by Gasteiger charge is 2.33. The molecule has 6 nitrogen and oxygen atoms in total. The van der Waals surface area contributed by atoms with E-state index in [1.165, 1.54) is 24.3 Å².